The van der Waals surface area contributed by atoms with Gasteiger partial charge in [-0.2, -0.15) is 0 Å². The molecule has 0 amide bonds. The third kappa shape index (κ3) is 7.20. The van der Waals surface area contributed by atoms with Crippen LogP contribution >= 0.6 is 11.8 Å². The first-order valence-electron chi connectivity index (χ1n) is 12.9. The van der Waals surface area contributed by atoms with Crippen LogP contribution in [-0.4, -0.2) is 53.5 Å². The fourth-order valence-corrected chi connectivity index (χ4v) is 6.23. The number of carboxylic acids is 1. The van der Waals surface area contributed by atoms with Gasteiger partial charge in [0.2, 0.25) is 0 Å². The maximum Gasteiger partial charge on any atom is 0.303 e. The smallest absolute Gasteiger partial charge is 0.303 e. The van der Waals surface area contributed by atoms with Crippen molar-refractivity contribution in [2.45, 2.75) is 43.2 Å². The van der Waals surface area contributed by atoms with Gasteiger partial charge in [-0.05, 0) is 98.3 Å². The minimum absolute atomic E-state index is 0.0381. The van der Waals surface area contributed by atoms with Crippen LogP contribution in [0.4, 0.5) is 13.2 Å². The number of piperidine rings is 1. The van der Waals surface area contributed by atoms with Crippen molar-refractivity contribution in [3.05, 3.63) is 65.9 Å². The highest BCUT2D eigenvalue weighted by molar-refractivity contribution is 7.99. The van der Waals surface area contributed by atoms with Crippen LogP contribution < -0.4 is 4.74 Å². The number of aromatic nitrogens is 1. The normalized spacial score (nSPS) is 18.9. The Balaban J connectivity index is 1.31. The van der Waals surface area contributed by atoms with Gasteiger partial charge in [0, 0.05) is 24.5 Å². The van der Waals surface area contributed by atoms with E-state index < -0.39 is 23.8 Å². The van der Waals surface area contributed by atoms with Crippen LogP contribution in [0.3, 0.4) is 0 Å². The zero-order valence-corrected chi connectivity index (χ0v) is 22.2. The Kier molecular flexibility index (Phi) is 9.91. The Morgan fingerprint density at radius 2 is 2.00 bits per heavy atom. The summed E-state index contributed by atoms with van der Waals surface area (Å²) in [6.07, 6.45) is 2.90. The minimum Gasteiger partial charge on any atom is -0.497 e. The number of carboxylic acid groups (broad SMARTS) is 1. The van der Waals surface area contributed by atoms with Crippen LogP contribution in [0, 0.1) is 23.5 Å². The molecule has 1 aliphatic heterocycles. The number of halogens is 3. The van der Waals surface area contributed by atoms with E-state index in [0.717, 1.165) is 43.1 Å². The number of aliphatic carboxylic acids is 1. The summed E-state index contributed by atoms with van der Waals surface area (Å²) in [5.41, 5.74) is 1.28. The van der Waals surface area contributed by atoms with Crippen LogP contribution in [-0.2, 0) is 4.79 Å². The lowest BCUT2D eigenvalue weighted by atomic mass is 9.79. The number of pyridine rings is 1. The lowest BCUT2D eigenvalue weighted by molar-refractivity contribution is -0.139. The molecule has 4 rings (SSSR count). The first-order chi connectivity index (χ1) is 18.4. The second kappa shape index (κ2) is 13.3. The number of fused-ring (bicyclic) bond motifs is 1. The lowest BCUT2D eigenvalue weighted by Crippen LogP contribution is -2.42. The van der Waals surface area contributed by atoms with Gasteiger partial charge in [-0.15, -0.1) is 11.8 Å². The van der Waals surface area contributed by atoms with E-state index in [-0.39, 0.29) is 23.2 Å². The second-order valence-corrected chi connectivity index (χ2v) is 10.9. The Morgan fingerprint density at radius 3 is 2.74 bits per heavy atom. The zero-order valence-electron chi connectivity index (χ0n) is 21.4. The molecule has 2 heterocycles. The van der Waals surface area contributed by atoms with Crippen molar-refractivity contribution in [1.29, 1.82) is 0 Å². The fraction of sp³-hybridized carbons (Fsp3) is 0.448. The molecule has 0 spiro atoms. The number of benzene rings is 2. The average molecular weight is 547 g/mol. The van der Waals surface area contributed by atoms with Gasteiger partial charge in [0.05, 0.1) is 17.5 Å². The first kappa shape index (κ1) is 28.2. The molecular formula is C29H33F3N2O3S. The van der Waals surface area contributed by atoms with Crippen LogP contribution in [0.2, 0.25) is 0 Å². The van der Waals surface area contributed by atoms with Crippen molar-refractivity contribution in [2.24, 2.45) is 11.8 Å². The molecule has 3 aromatic rings. The monoisotopic (exact) mass is 546 g/mol. The number of hydrogen-bond donors (Lipinski definition) is 1. The van der Waals surface area contributed by atoms with Crippen molar-refractivity contribution in [1.82, 2.24) is 9.88 Å². The molecule has 0 saturated carbocycles. The van der Waals surface area contributed by atoms with E-state index in [2.05, 4.69) is 9.88 Å². The van der Waals surface area contributed by atoms with Crippen LogP contribution in [0.1, 0.15) is 43.8 Å². The molecule has 0 radical (unpaired) electrons. The highest BCUT2D eigenvalue weighted by Crippen LogP contribution is 2.36. The van der Waals surface area contributed by atoms with Gasteiger partial charge in [-0.25, -0.2) is 13.2 Å². The number of alkyl halides is 1. The van der Waals surface area contributed by atoms with Gasteiger partial charge >= 0.3 is 5.97 Å². The van der Waals surface area contributed by atoms with Crippen molar-refractivity contribution in [3.63, 3.8) is 0 Å². The minimum atomic E-state index is -1.19. The number of hydrogen-bond acceptors (Lipinski definition) is 5. The summed E-state index contributed by atoms with van der Waals surface area (Å²) in [6.45, 7) is 2.15. The second-order valence-electron chi connectivity index (χ2n) is 9.79. The van der Waals surface area contributed by atoms with Gasteiger partial charge in [0.25, 0.3) is 0 Å². The Bertz CT molecular complexity index is 1220. The van der Waals surface area contributed by atoms with E-state index in [1.165, 1.54) is 18.2 Å². The van der Waals surface area contributed by atoms with Gasteiger partial charge in [-0.3, -0.25) is 9.78 Å². The molecule has 1 aromatic heterocycles. The number of thioether (sulfide) groups is 1. The third-order valence-electron chi connectivity index (χ3n) is 7.31. The Morgan fingerprint density at radius 1 is 1.21 bits per heavy atom. The van der Waals surface area contributed by atoms with Crippen molar-refractivity contribution >= 4 is 28.6 Å². The largest absolute Gasteiger partial charge is 0.497 e. The molecule has 0 unspecified atom stereocenters. The quantitative estimate of drug-likeness (QED) is 0.197. The summed E-state index contributed by atoms with van der Waals surface area (Å²) >= 11 is 1.16. The number of likely N-dealkylation sites (tertiary alicyclic amines) is 1. The number of nitrogens with zero attached hydrogens (tertiary/aromatic N) is 2. The van der Waals surface area contributed by atoms with E-state index >= 15 is 4.39 Å². The summed E-state index contributed by atoms with van der Waals surface area (Å²) in [4.78, 5) is 18.2. The molecule has 2 aromatic carbocycles. The highest BCUT2D eigenvalue weighted by atomic mass is 32.2. The SMILES string of the molecule is COc1ccc2nccc([C@@H](F)CC[C@@H]3CCN(CCCSc4c(F)cccc4F)C[C@@H]3CC(=O)O)c2c1. The van der Waals surface area contributed by atoms with Crippen LogP contribution in [0.25, 0.3) is 10.9 Å². The van der Waals surface area contributed by atoms with Gasteiger partial charge in [0.15, 0.2) is 0 Å². The van der Waals surface area contributed by atoms with Gasteiger partial charge in [0.1, 0.15) is 23.6 Å². The molecule has 9 heteroatoms. The van der Waals surface area contributed by atoms with E-state index in [9.17, 15) is 18.7 Å². The van der Waals surface area contributed by atoms with Gasteiger partial charge < -0.3 is 14.7 Å². The number of methoxy groups -OCH3 is 1. The third-order valence-corrected chi connectivity index (χ3v) is 8.48. The van der Waals surface area contributed by atoms with Crippen LogP contribution in [0.5, 0.6) is 5.75 Å². The molecule has 1 N–H and O–H groups in total. The average Bonchev–Trinajstić information content (AvgIpc) is 2.90. The molecule has 5 nitrogen and oxygen atoms in total. The zero-order chi connectivity index (χ0) is 27.1. The molecule has 1 aliphatic rings. The maximum atomic E-state index is 15.5. The standard InChI is InChI=1S/C29H33F3N2O3S/c1-37-21-7-9-27-23(17-21)22(10-12-33-27)24(30)8-6-19-11-14-34(18-20(19)16-28(35)36)13-3-15-38-29-25(31)4-2-5-26(29)32/h2,4-5,7,9-10,12,17,19-20,24H,3,6,8,11,13-16,18H2,1H3,(H,35,36)/t19-,20+,24+/m1/s1. The summed E-state index contributed by atoms with van der Waals surface area (Å²) in [5, 5.41) is 10.2. The molecule has 1 fully saturated rings. The van der Waals surface area contributed by atoms with E-state index in [1.54, 1.807) is 31.5 Å². The number of rotatable bonds is 12. The van der Waals surface area contributed by atoms with Crippen LogP contribution in [0.15, 0.2) is 53.6 Å². The Labute approximate surface area is 225 Å². The molecule has 204 valence electrons. The molecule has 3 atom stereocenters. The highest BCUT2D eigenvalue weighted by Gasteiger charge is 2.31. The molecule has 38 heavy (non-hydrogen) atoms. The number of carbonyl (C=O) groups is 1. The molecule has 1 saturated heterocycles. The van der Waals surface area contributed by atoms with Crippen molar-refractivity contribution in [3.8, 4) is 5.75 Å². The lowest BCUT2D eigenvalue weighted by Gasteiger charge is -2.38. The first-order valence-corrected chi connectivity index (χ1v) is 13.9. The van der Waals surface area contributed by atoms with E-state index in [1.807, 2.05) is 6.07 Å². The van der Waals surface area contributed by atoms with Crippen molar-refractivity contribution in [2.75, 3.05) is 32.5 Å². The predicted molar refractivity (Wildman–Crippen MR) is 143 cm³/mol. The molecular weight excluding hydrogens is 513 g/mol. The molecule has 0 bridgehead atoms. The summed E-state index contributed by atoms with van der Waals surface area (Å²) in [7, 11) is 1.57. The van der Waals surface area contributed by atoms with E-state index in [4.69, 9.17) is 4.74 Å². The maximum absolute atomic E-state index is 15.5. The van der Waals surface area contributed by atoms with Gasteiger partial charge in [-0.1, -0.05) is 6.07 Å². The summed E-state index contributed by atoms with van der Waals surface area (Å²) < 4.78 is 48.4. The summed E-state index contributed by atoms with van der Waals surface area (Å²) in [6, 6.07) is 11.0. The summed E-state index contributed by atoms with van der Waals surface area (Å²) in [5.74, 6) is -0.702. The van der Waals surface area contributed by atoms with E-state index in [0.29, 0.717) is 42.0 Å². The predicted octanol–water partition coefficient (Wildman–Crippen LogP) is 6.91. The fourth-order valence-electron chi connectivity index (χ4n) is 5.34. The molecule has 0 aliphatic carbocycles. The number of ether oxygens (including phenoxy) is 1. The van der Waals surface area contributed by atoms with Crippen molar-refractivity contribution < 1.29 is 27.8 Å². The topological polar surface area (TPSA) is 62.7 Å². The Hall–Kier alpha value is -2.78.